The van der Waals surface area contributed by atoms with Gasteiger partial charge in [0.25, 0.3) is 0 Å². The molecule has 66 valence electrons. The first-order valence-corrected chi connectivity index (χ1v) is 4.71. The van der Waals surface area contributed by atoms with E-state index in [9.17, 15) is 4.79 Å². The van der Waals surface area contributed by atoms with E-state index in [2.05, 4.69) is 23.4 Å². The average Bonchev–Trinajstić information content (AvgIpc) is 2.08. The monoisotopic (exact) mass is 236 g/mol. The van der Waals surface area contributed by atoms with Gasteiger partial charge in [0.1, 0.15) is 0 Å². The number of para-hydroxylation sites is 1. The van der Waals surface area contributed by atoms with Crippen molar-refractivity contribution in [3.8, 4) is 5.75 Å². The summed E-state index contributed by atoms with van der Waals surface area (Å²) >= 11 is 2.35. The first-order chi connectivity index (χ1) is 6.11. The van der Waals surface area contributed by atoms with Crippen LogP contribution in [0.15, 0.2) is 36.4 Å². The van der Waals surface area contributed by atoms with Gasteiger partial charge in [0, 0.05) is 0 Å². The van der Waals surface area contributed by atoms with Gasteiger partial charge < -0.3 is 0 Å². The van der Waals surface area contributed by atoms with Crippen LogP contribution < -0.4 is 9.09 Å². The summed E-state index contributed by atoms with van der Waals surface area (Å²) < 4.78 is 5.93. The summed E-state index contributed by atoms with van der Waals surface area (Å²) in [5.41, 5.74) is 0.399. The number of hydrogen-bond donors (Lipinski definition) is 0. The SMILES string of the molecule is C=C(C)C(=O)Oc1ccccc1[As]. The summed E-state index contributed by atoms with van der Waals surface area (Å²) in [6.07, 6.45) is 0. The molecule has 3 heteroatoms. The zero-order valence-corrected chi connectivity index (χ0v) is 9.16. The zero-order chi connectivity index (χ0) is 9.84. The van der Waals surface area contributed by atoms with Gasteiger partial charge >= 0.3 is 85.8 Å². The van der Waals surface area contributed by atoms with E-state index in [1.54, 1.807) is 13.0 Å². The molecule has 2 radical (unpaired) electrons. The second-order valence-corrected chi connectivity index (χ2v) is 3.65. The predicted octanol–water partition coefficient (Wildman–Crippen LogP) is 0.962. The minimum atomic E-state index is -0.390. The second kappa shape index (κ2) is 4.29. The Kier molecular flexibility index (Phi) is 3.32. The van der Waals surface area contributed by atoms with E-state index in [-0.39, 0.29) is 0 Å². The van der Waals surface area contributed by atoms with Crippen molar-refractivity contribution < 1.29 is 9.53 Å². The average molecular weight is 236 g/mol. The van der Waals surface area contributed by atoms with Crippen LogP contribution in [0.2, 0.25) is 0 Å². The number of ether oxygens (including phenoxy) is 1. The molecule has 0 aromatic heterocycles. The Morgan fingerprint density at radius 2 is 2.08 bits per heavy atom. The van der Waals surface area contributed by atoms with Gasteiger partial charge in [0.15, 0.2) is 0 Å². The van der Waals surface area contributed by atoms with Crippen LogP contribution in [0.5, 0.6) is 5.75 Å². The second-order valence-electron chi connectivity index (χ2n) is 2.64. The molecule has 0 bridgehead atoms. The van der Waals surface area contributed by atoms with E-state index in [4.69, 9.17) is 4.74 Å². The number of hydrogen-bond acceptors (Lipinski definition) is 2. The van der Waals surface area contributed by atoms with Crippen molar-refractivity contribution in [3.63, 3.8) is 0 Å². The summed E-state index contributed by atoms with van der Waals surface area (Å²) in [4.78, 5) is 11.1. The summed E-state index contributed by atoms with van der Waals surface area (Å²) in [7, 11) is 0. The van der Waals surface area contributed by atoms with Crippen LogP contribution in [0.3, 0.4) is 0 Å². The van der Waals surface area contributed by atoms with E-state index in [0.29, 0.717) is 11.3 Å². The molecule has 0 N–H and O–H groups in total. The van der Waals surface area contributed by atoms with E-state index < -0.39 is 5.97 Å². The van der Waals surface area contributed by atoms with Gasteiger partial charge in [-0.15, -0.1) is 0 Å². The molecule has 1 aromatic carbocycles. The van der Waals surface area contributed by atoms with Gasteiger partial charge in [-0.25, -0.2) is 0 Å². The van der Waals surface area contributed by atoms with Crippen LogP contribution in [0.25, 0.3) is 0 Å². The summed E-state index contributed by atoms with van der Waals surface area (Å²) in [6.45, 7) is 5.12. The molecule has 1 rings (SSSR count). The van der Waals surface area contributed by atoms with Gasteiger partial charge in [-0.3, -0.25) is 0 Å². The van der Waals surface area contributed by atoms with Crippen LogP contribution >= 0.6 is 0 Å². The van der Waals surface area contributed by atoms with E-state index in [1.807, 2.05) is 18.2 Å². The molecule has 0 spiro atoms. The molecule has 0 aliphatic rings. The van der Waals surface area contributed by atoms with E-state index in [1.165, 1.54) is 0 Å². The fourth-order valence-corrected chi connectivity index (χ4v) is 1.16. The van der Waals surface area contributed by atoms with Crippen molar-refractivity contribution in [3.05, 3.63) is 36.4 Å². The molecule has 0 heterocycles. The summed E-state index contributed by atoms with van der Waals surface area (Å²) in [5, 5.41) is 0. The van der Waals surface area contributed by atoms with Crippen molar-refractivity contribution in [2.45, 2.75) is 6.92 Å². The first kappa shape index (κ1) is 10.1. The number of carbonyl (C=O) groups excluding carboxylic acids is 1. The summed E-state index contributed by atoms with van der Waals surface area (Å²) in [5.74, 6) is 0.175. The van der Waals surface area contributed by atoms with Crippen molar-refractivity contribution in [1.29, 1.82) is 0 Å². The Morgan fingerprint density at radius 1 is 1.46 bits per heavy atom. The van der Waals surface area contributed by atoms with Crippen LogP contribution in [0.4, 0.5) is 0 Å². The maximum atomic E-state index is 11.1. The molecule has 13 heavy (non-hydrogen) atoms. The number of esters is 1. The number of carbonyl (C=O) groups is 1. The van der Waals surface area contributed by atoms with Crippen molar-refractivity contribution >= 4 is 27.2 Å². The molecular formula is C10H9AsO2. The molecule has 0 saturated carbocycles. The van der Waals surface area contributed by atoms with Crippen LogP contribution in [0.1, 0.15) is 6.92 Å². The number of rotatable bonds is 2. The van der Waals surface area contributed by atoms with E-state index in [0.717, 1.165) is 4.35 Å². The molecule has 0 aliphatic carbocycles. The quantitative estimate of drug-likeness (QED) is 0.331. The van der Waals surface area contributed by atoms with Crippen LogP contribution in [-0.4, -0.2) is 22.8 Å². The summed E-state index contributed by atoms with van der Waals surface area (Å²) in [6, 6.07) is 7.30. The predicted molar refractivity (Wildman–Crippen MR) is 52.3 cm³/mol. The standard InChI is InChI=1S/C10H9AsO2/c1-7(2)10(12)13-9-6-4-3-5-8(9)11/h3-6H,1H2,2H3. The fourth-order valence-electron chi connectivity index (χ4n) is 0.730. The molecular weight excluding hydrogens is 227 g/mol. The Morgan fingerprint density at radius 3 is 2.62 bits per heavy atom. The molecule has 0 aliphatic heterocycles. The van der Waals surface area contributed by atoms with Gasteiger partial charge in [-0.2, -0.15) is 0 Å². The first-order valence-electron chi connectivity index (χ1n) is 3.77. The minimum absolute atomic E-state index is 0.390. The fraction of sp³-hybridized carbons (Fsp3) is 0.100. The Balaban J connectivity index is 2.81. The molecule has 2 nitrogen and oxygen atoms in total. The topological polar surface area (TPSA) is 26.3 Å². The molecule has 0 atom stereocenters. The third-order valence-electron chi connectivity index (χ3n) is 1.42. The van der Waals surface area contributed by atoms with Crippen LogP contribution in [-0.2, 0) is 4.79 Å². The van der Waals surface area contributed by atoms with Gasteiger partial charge in [-0.1, -0.05) is 0 Å². The molecule has 0 unspecified atom stereocenters. The molecule has 0 saturated heterocycles. The van der Waals surface area contributed by atoms with E-state index >= 15 is 0 Å². The Labute approximate surface area is 86.1 Å². The van der Waals surface area contributed by atoms with Crippen molar-refractivity contribution in [1.82, 2.24) is 0 Å². The van der Waals surface area contributed by atoms with Gasteiger partial charge in [0.2, 0.25) is 0 Å². The van der Waals surface area contributed by atoms with Crippen LogP contribution in [0, 0.1) is 0 Å². The molecule has 1 aromatic rings. The van der Waals surface area contributed by atoms with Gasteiger partial charge in [0.05, 0.1) is 0 Å². The molecule has 0 amide bonds. The maximum absolute atomic E-state index is 11.1. The third-order valence-corrected chi connectivity index (χ3v) is 2.19. The molecule has 0 fully saturated rings. The third kappa shape index (κ3) is 2.74. The van der Waals surface area contributed by atoms with Crippen molar-refractivity contribution in [2.24, 2.45) is 0 Å². The van der Waals surface area contributed by atoms with Gasteiger partial charge in [-0.05, 0) is 0 Å². The Bertz CT molecular complexity index is 345. The Hall–Kier alpha value is -1.01. The zero-order valence-electron chi connectivity index (χ0n) is 7.28. The number of benzene rings is 1. The van der Waals surface area contributed by atoms with Crippen molar-refractivity contribution in [2.75, 3.05) is 0 Å². The normalized spacial score (nSPS) is 9.38.